The van der Waals surface area contributed by atoms with Crippen molar-refractivity contribution in [2.45, 2.75) is 44.3 Å². The molecular formula is C15H16F3NO3. The standard InChI is InChI=1S/C15H16F3NO3/c16-15(17,18)14(22)19-12-3-1-2-10-8-9(4-6-11(10)12)5-7-13(20)21/h4,6,8,12H,1-3,5,7H2,(H,19,22)(H,20,21)/t12-/m1/s1. The van der Waals surface area contributed by atoms with Gasteiger partial charge in [-0.25, -0.2) is 0 Å². The molecule has 120 valence electrons. The maximum absolute atomic E-state index is 12.4. The van der Waals surface area contributed by atoms with Crippen LogP contribution < -0.4 is 5.32 Å². The summed E-state index contributed by atoms with van der Waals surface area (Å²) < 4.78 is 37.1. The Kier molecular flexibility index (Phi) is 4.73. The van der Waals surface area contributed by atoms with Crippen molar-refractivity contribution >= 4 is 11.9 Å². The molecule has 0 aliphatic heterocycles. The minimum atomic E-state index is -4.89. The SMILES string of the molecule is O=C(O)CCc1ccc2c(c1)CCC[C@H]2NC(=O)C(F)(F)F. The molecule has 2 rings (SSSR count). The van der Waals surface area contributed by atoms with Gasteiger partial charge in [-0.15, -0.1) is 0 Å². The van der Waals surface area contributed by atoms with E-state index in [9.17, 15) is 22.8 Å². The zero-order chi connectivity index (χ0) is 16.3. The lowest BCUT2D eigenvalue weighted by Crippen LogP contribution is -2.40. The minimum absolute atomic E-state index is 0.00697. The fourth-order valence-corrected chi connectivity index (χ4v) is 2.66. The second-order valence-electron chi connectivity index (χ2n) is 5.34. The molecule has 1 amide bonds. The van der Waals surface area contributed by atoms with Crippen LogP contribution in [0, 0.1) is 0 Å². The third-order valence-electron chi connectivity index (χ3n) is 3.71. The Bertz CT molecular complexity index is 584. The van der Waals surface area contributed by atoms with Crippen molar-refractivity contribution in [3.63, 3.8) is 0 Å². The van der Waals surface area contributed by atoms with Crippen molar-refractivity contribution in [3.8, 4) is 0 Å². The van der Waals surface area contributed by atoms with E-state index < -0.39 is 24.1 Å². The van der Waals surface area contributed by atoms with Crippen LogP contribution in [-0.4, -0.2) is 23.2 Å². The van der Waals surface area contributed by atoms with E-state index in [2.05, 4.69) is 0 Å². The average molecular weight is 315 g/mol. The molecule has 0 saturated heterocycles. The highest BCUT2D eigenvalue weighted by atomic mass is 19.4. The average Bonchev–Trinajstić information content (AvgIpc) is 2.44. The van der Waals surface area contributed by atoms with Gasteiger partial charge in [0.25, 0.3) is 0 Å². The molecule has 0 spiro atoms. The van der Waals surface area contributed by atoms with Gasteiger partial charge in [0.2, 0.25) is 0 Å². The van der Waals surface area contributed by atoms with E-state index in [-0.39, 0.29) is 6.42 Å². The molecule has 2 N–H and O–H groups in total. The number of nitrogens with one attached hydrogen (secondary N) is 1. The van der Waals surface area contributed by atoms with E-state index in [1.165, 1.54) is 0 Å². The lowest BCUT2D eigenvalue weighted by molar-refractivity contribution is -0.174. The number of carboxylic acids is 1. The van der Waals surface area contributed by atoms with Gasteiger partial charge in [0.05, 0.1) is 6.04 Å². The zero-order valence-electron chi connectivity index (χ0n) is 11.7. The lowest BCUT2D eigenvalue weighted by atomic mass is 9.86. The molecule has 1 aliphatic carbocycles. The number of hydrogen-bond donors (Lipinski definition) is 2. The summed E-state index contributed by atoms with van der Waals surface area (Å²) in [6.45, 7) is 0. The third kappa shape index (κ3) is 3.99. The van der Waals surface area contributed by atoms with Crippen molar-refractivity contribution in [1.82, 2.24) is 5.32 Å². The Labute approximate surface area is 125 Å². The van der Waals surface area contributed by atoms with Gasteiger partial charge in [-0.3, -0.25) is 9.59 Å². The molecule has 0 saturated carbocycles. The summed E-state index contributed by atoms with van der Waals surface area (Å²) in [5.74, 6) is -2.83. The third-order valence-corrected chi connectivity index (χ3v) is 3.71. The van der Waals surface area contributed by atoms with Crippen molar-refractivity contribution in [1.29, 1.82) is 0 Å². The van der Waals surface area contributed by atoms with E-state index >= 15 is 0 Å². The van der Waals surface area contributed by atoms with E-state index in [0.717, 1.165) is 11.1 Å². The first-order chi connectivity index (χ1) is 10.3. The number of aliphatic carboxylic acids is 1. The number of alkyl halides is 3. The Morgan fingerprint density at radius 3 is 2.68 bits per heavy atom. The van der Waals surface area contributed by atoms with Gasteiger partial charge in [-0.05, 0) is 42.4 Å². The van der Waals surface area contributed by atoms with Crippen LogP contribution in [0.5, 0.6) is 0 Å². The van der Waals surface area contributed by atoms with Crippen molar-refractivity contribution in [3.05, 3.63) is 34.9 Å². The number of carbonyl (C=O) groups excluding carboxylic acids is 1. The molecule has 1 aromatic rings. The van der Waals surface area contributed by atoms with Crippen molar-refractivity contribution in [2.75, 3.05) is 0 Å². The Balaban J connectivity index is 2.14. The number of halogens is 3. The summed E-state index contributed by atoms with van der Waals surface area (Å²) in [6.07, 6.45) is -2.65. The van der Waals surface area contributed by atoms with Gasteiger partial charge in [-0.1, -0.05) is 18.2 Å². The maximum atomic E-state index is 12.4. The highest BCUT2D eigenvalue weighted by Gasteiger charge is 2.40. The number of amides is 1. The predicted octanol–water partition coefficient (Wildman–Crippen LogP) is 2.76. The van der Waals surface area contributed by atoms with Gasteiger partial charge in [0, 0.05) is 6.42 Å². The molecule has 0 bridgehead atoms. The highest BCUT2D eigenvalue weighted by molar-refractivity contribution is 5.82. The second-order valence-corrected chi connectivity index (χ2v) is 5.34. The van der Waals surface area contributed by atoms with Gasteiger partial charge in [0.1, 0.15) is 0 Å². The molecule has 4 nitrogen and oxygen atoms in total. The lowest BCUT2D eigenvalue weighted by Gasteiger charge is -2.27. The molecule has 1 atom stereocenters. The van der Waals surface area contributed by atoms with E-state index in [1.807, 2.05) is 11.4 Å². The largest absolute Gasteiger partial charge is 0.481 e. The molecule has 1 aromatic carbocycles. The maximum Gasteiger partial charge on any atom is 0.471 e. The first-order valence-corrected chi connectivity index (χ1v) is 6.98. The number of aryl methyl sites for hydroxylation is 2. The van der Waals surface area contributed by atoms with Crippen LogP contribution >= 0.6 is 0 Å². The molecule has 0 radical (unpaired) electrons. The van der Waals surface area contributed by atoms with Crippen LogP contribution in [0.3, 0.4) is 0 Å². The number of carboxylic acid groups (broad SMARTS) is 1. The topological polar surface area (TPSA) is 66.4 Å². The van der Waals surface area contributed by atoms with Crippen LogP contribution in [-0.2, 0) is 22.4 Å². The fourth-order valence-electron chi connectivity index (χ4n) is 2.66. The molecule has 0 fully saturated rings. The number of fused-ring (bicyclic) bond motifs is 1. The van der Waals surface area contributed by atoms with Gasteiger partial charge >= 0.3 is 18.1 Å². The normalized spacial score (nSPS) is 17.7. The predicted molar refractivity (Wildman–Crippen MR) is 72.3 cm³/mol. The molecule has 1 aliphatic rings. The summed E-state index contributed by atoms with van der Waals surface area (Å²) >= 11 is 0. The Hall–Kier alpha value is -2.05. The van der Waals surface area contributed by atoms with Gasteiger partial charge in [-0.2, -0.15) is 13.2 Å². The molecule has 7 heteroatoms. The first kappa shape index (κ1) is 16.3. The first-order valence-electron chi connectivity index (χ1n) is 6.98. The molecular weight excluding hydrogens is 299 g/mol. The van der Waals surface area contributed by atoms with Crippen LogP contribution in [0.25, 0.3) is 0 Å². The van der Waals surface area contributed by atoms with Gasteiger partial charge < -0.3 is 10.4 Å². The van der Waals surface area contributed by atoms with Gasteiger partial charge in [0.15, 0.2) is 0 Å². The summed E-state index contributed by atoms with van der Waals surface area (Å²) in [7, 11) is 0. The van der Waals surface area contributed by atoms with Crippen LogP contribution in [0.2, 0.25) is 0 Å². The summed E-state index contributed by atoms with van der Waals surface area (Å²) in [6, 6.07) is 4.57. The summed E-state index contributed by atoms with van der Waals surface area (Å²) in [5, 5.41) is 10.7. The molecule has 0 unspecified atom stereocenters. The Morgan fingerprint density at radius 2 is 2.05 bits per heavy atom. The van der Waals surface area contributed by atoms with Crippen molar-refractivity contribution < 1.29 is 27.9 Å². The molecule has 22 heavy (non-hydrogen) atoms. The van der Waals surface area contributed by atoms with Crippen molar-refractivity contribution in [2.24, 2.45) is 0 Å². The van der Waals surface area contributed by atoms with Crippen LogP contribution in [0.4, 0.5) is 13.2 Å². The molecule has 0 aromatic heterocycles. The van der Waals surface area contributed by atoms with E-state index in [4.69, 9.17) is 5.11 Å². The number of benzene rings is 1. The minimum Gasteiger partial charge on any atom is -0.481 e. The number of rotatable bonds is 4. The Morgan fingerprint density at radius 1 is 1.32 bits per heavy atom. The van der Waals surface area contributed by atoms with E-state index in [1.54, 1.807) is 12.1 Å². The quantitative estimate of drug-likeness (QED) is 0.898. The van der Waals surface area contributed by atoms with Crippen LogP contribution in [0.1, 0.15) is 42.0 Å². The summed E-state index contributed by atoms with van der Waals surface area (Å²) in [5.41, 5.74) is 2.40. The summed E-state index contributed by atoms with van der Waals surface area (Å²) in [4.78, 5) is 21.7. The number of carbonyl (C=O) groups is 2. The van der Waals surface area contributed by atoms with Crippen LogP contribution in [0.15, 0.2) is 18.2 Å². The smallest absolute Gasteiger partial charge is 0.471 e. The van der Waals surface area contributed by atoms with E-state index in [0.29, 0.717) is 31.2 Å². The molecule has 0 heterocycles. The zero-order valence-corrected chi connectivity index (χ0v) is 11.7. The fraction of sp³-hybridized carbons (Fsp3) is 0.467. The number of hydrogen-bond acceptors (Lipinski definition) is 2. The second kappa shape index (κ2) is 6.37. The highest BCUT2D eigenvalue weighted by Crippen LogP contribution is 2.31. The monoisotopic (exact) mass is 315 g/mol.